The molecule has 12 heteroatoms. The Balaban J connectivity index is 0.597. The molecule has 0 bridgehead atoms. The van der Waals surface area contributed by atoms with Crippen LogP contribution >= 0.6 is 0 Å². The van der Waals surface area contributed by atoms with E-state index in [-0.39, 0.29) is 0 Å². The molecular formula is C110H62N8O4. The van der Waals surface area contributed by atoms with Gasteiger partial charge in [0.05, 0.1) is 33.4 Å². The van der Waals surface area contributed by atoms with Gasteiger partial charge in [-0.2, -0.15) is 0 Å². The number of aromatic nitrogens is 8. The summed E-state index contributed by atoms with van der Waals surface area (Å²) in [4.78, 5) is 32.9. The van der Waals surface area contributed by atoms with Gasteiger partial charge in [0.1, 0.15) is 44.7 Å². The molecule has 8 aromatic heterocycles. The Labute approximate surface area is 694 Å². The van der Waals surface area contributed by atoms with Crippen LogP contribution in [0.15, 0.2) is 394 Å². The summed E-state index contributed by atoms with van der Waals surface area (Å²) in [5, 5.41) is 17.1. The quantitative estimate of drug-likeness (QED) is 0.123. The van der Waals surface area contributed by atoms with E-state index in [9.17, 15) is 0 Å². The standard InChI is InChI=1S/C110H62N8O4/c1-2-19-63(20-3-1)68-25-18-26-74(51-68)106-112-108(76-47-50-83-80-30-11-16-35-98(80)120-102(83)58-76)116-110(114-106)90-60-88-84-48-45-73(56-100(84)122-104(88)62-96(90)118-92-33-14-9-28-78(92)86-53-70-22-5-7-24-72(70)55-94(86)118)66-39-37-64(38-40-66)65-41-43-67(44-42-65)105-111-107(75-46-49-82-79-29-10-15-34-97(79)119-101(82)57-75)115-109(113-105)89-59-87-81-31-12-17-36-99(81)121-103(87)61-95(89)117-91-32-13-8-27-77(91)85-52-69-21-4-6-23-71(69)54-93(85)117/h1-62H. The fourth-order valence-corrected chi connectivity index (χ4v) is 18.7. The molecule has 8 heterocycles. The van der Waals surface area contributed by atoms with Gasteiger partial charge < -0.3 is 26.8 Å². The molecule has 0 saturated heterocycles. The van der Waals surface area contributed by atoms with Gasteiger partial charge in [-0.25, -0.2) is 29.9 Å². The van der Waals surface area contributed by atoms with Gasteiger partial charge in [-0.3, -0.25) is 0 Å². The Bertz CT molecular complexity index is 8910. The zero-order chi connectivity index (χ0) is 79.8. The van der Waals surface area contributed by atoms with E-state index in [0.717, 1.165) is 226 Å². The third kappa shape index (κ3) is 10.7. The van der Waals surface area contributed by atoms with Gasteiger partial charge in [0, 0.05) is 110 Å². The molecule has 0 spiro atoms. The lowest BCUT2D eigenvalue weighted by atomic mass is 9.98. The maximum absolute atomic E-state index is 7.17. The van der Waals surface area contributed by atoms with Crippen molar-refractivity contribution in [3.05, 3.63) is 376 Å². The summed E-state index contributed by atoms with van der Waals surface area (Å²) < 4.78 is 31.7. The van der Waals surface area contributed by atoms with Gasteiger partial charge in [0.25, 0.3) is 0 Å². The highest BCUT2D eigenvalue weighted by Crippen LogP contribution is 2.47. The number of hydrogen-bond acceptors (Lipinski definition) is 10. The van der Waals surface area contributed by atoms with Crippen LogP contribution in [0.1, 0.15) is 0 Å². The van der Waals surface area contributed by atoms with E-state index < -0.39 is 0 Å². The molecule has 566 valence electrons. The average molecular weight is 1560 g/mol. The van der Waals surface area contributed by atoms with Crippen molar-refractivity contribution in [3.63, 3.8) is 0 Å². The smallest absolute Gasteiger partial charge is 0.166 e. The van der Waals surface area contributed by atoms with Crippen molar-refractivity contribution in [2.24, 2.45) is 0 Å². The van der Waals surface area contributed by atoms with Crippen LogP contribution in [0.3, 0.4) is 0 Å². The molecule has 0 saturated carbocycles. The Morgan fingerprint density at radius 2 is 0.451 bits per heavy atom. The number of hydrogen-bond donors (Lipinski definition) is 0. The first-order chi connectivity index (χ1) is 60.4. The Hall–Kier alpha value is -16.7. The molecule has 12 nitrogen and oxygen atoms in total. The maximum Gasteiger partial charge on any atom is 0.166 e. The van der Waals surface area contributed by atoms with Crippen molar-refractivity contribution in [1.29, 1.82) is 0 Å². The van der Waals surface area contributed by atoms with Crippen molar-refractivity contribution >= 4 is 153 Å². The van der Waals surface area contributed by atoms with E-state index in [4.69, 9.17) is 47.6 Å². The van der Waals surface area contributed by atoms with Gasteiger partial charge in [0.2, 0.25) is 0 Å². The van der Waals surface area contributed by atoms with Crippen molar-refractivity contribution in [1.82, 2.24) is 39.0 Å². The molecule has 26 rings (SSSR count). The van der Waals surface area contributed by atoms with E-state index in [1.165, 1.54) is 5.39 Å². The first kappa shape index (κ1) is 67.5. The normalized spacial score (nSPS) is 12.1. The highest BCUT2D eigenvalue weighted by Gasteiger charge is 2.28. The van der Waals surface area contributed by atoms with Crippen LogP contribution in [-0.4, -0.2) is 39.0 Å². The van der Waals surface area contributed by atoms with Crippen LogP contribution in [0.4, 0.5) is 0 Å². The first-order valence-electron chi connectivity index (χ1n) is 40.9. The maximum atomic E-state index is 7.17. The van der Waals surface area contributed by atoms with Gasteiger partial charge in [-0.1, -0.05) is 255 Å². The van der Waals surface area contributed by atoms with Gasteiger partial charge >= 0.3 is 0 Å². The lowest BCUT2D eigenvalue weighted by Crippen LogP contribution is -2.04. The predicted octanol–water partition coefficient (Wildman–Crippen LogP) is 29.2. The minimum Gasteiger partial charge on any atom is -0.456 e. The van der Waals surface area contributed by atoms with E-state index in [1.54, 1.807) is 0 Å². The second kappa shape index (κ2) is 26.4. The Morgan fingerprint density at radius 3 is 0.934 bits per heavy atom. The predicted molar refractivity (Wildman–Crippen MR) is 495 cm³/mol. The van der Waals surface area contributed by atoms with Crippen LogP contribution in [-0.2, 0) is 0 Å². The SMILES string of the molecule is c1ccc(-c2cccc(-c3nc(-c4ccc5c(c4)oc4ccccc45)nc(-c4cc5c(cc4-n4c6ccccc6c6cc7ccccc7cc64)oc4cc(-c6ccc(-c7ccc(-c8nc(-c9ccc%10c(c9)oc9ccccc9%10)nc(-c9cc%10c(cc9-n9c%11ccccc%11c%11cc%12ccccc%12cc%119)oc9ccccc9%10)n8)cc7)cc6)ccc45)n3)c2)cc1. The Morgan fingerprint density at radius 1 is 0.156 bits per heavy atom. The number of fused-ring (bicyclic) bond motifs is 20. The average Bonchev–Trinajstić information content (AvgIpc) is 1.57. The topological polar surface area (TPSA) is 140 Å². The van der Waals surface area contributed by atoms with Crippen LogP contribution in [0.25, 0.3) is 266 Å². The molecule has 122 heavy (non-hydrogen) atoms. The summed E-state index contributed by atoms with van der Waals surface area (Å²) in [5.41, 5.74) is 23.2. The number of nitrogens with zero attached hydrogens (tertiary/aromatic N) is 8. The third-order valence-corrected chi connectivity index (χ3v) is 24.6. The number of para-hydroxylation sites is 5. The van der Waals surface area contributed by atoms with Gasteiger partial charge in [0.15, 0.2) is 34.9 Å². The van der Waals surface area contributed by atoms with E-state index in [0.29, 0.717) is 34.9 Å². The fourth-order valence-electron chi connectivity index (χ4n) is 18.7. The number of furan rings is 4. The summed E-state index contributed by atoms with van der Waals surface area (Å²) >= 11 is 0. The molecule has 0 aliphatic carbocycles. The van der Waals surface area contributed by atoms with E-state index in [2.05, 4.69) is 331 Å². The summed E-state index contributed by atoms with van der Waals surface area (Å²) in [6, 6.07) is 132. The Kier molecular flexibility index (Phi) is 14.6. The molecule has 0 radical (unpaired) electrons. The van der Waals surface area contributed by atoms with Crippen molar-refractivity contribution < 1.29 is 17.7 Å². The summed E-state index contributed by atoms with van der Waals surface area (Å²) in [7, 11) is 0. The molecule has 18 aromatic carbocycles. The lowest BCUT2D eigenvalue weighted by Gasteiger charge is -2.15. The molecule has 0 atom stereocenters. The molecule has 0 amide bonds. The molecule has 0 fully saturated rings. The second-order valence-corrected chi connectivity index (χ2v) is 31.6. The lowest BCUT2D eigenvalue weighted by molar-refractivity contribution is 0.668. The summed E-state index contributed by atoms with van der Waals surface area (Å²) in [5.74, 6) is 3.07. The number of benzene rings is 18. The van der Waals surface area contributed by atoms with Crippen LogP contribution in [0.2, 0.25) is 0 Å². The first-order valence-corrected chi connectivity index (χ1v) is 40.9. The second-order valence-electron chi connectivity index (χ2n) is 31.6. The van der Waals surface area contributed by atoms with Gasteiger partial charge in [-0.15, -0.1) is 0 Å². The van der Waals surface area contributed by atoms with Crippen molar-refractivity contribution in [2.75, 3.05) is 0 Å². The molecule has 0 unspecified atom stereocenters. The minimum absolute atomic E-state index is 0.500. The minimum atomic E-state index is 0.500. The van der Waals surface area contributed by atoms with Crippen LogP contribution in [0.5, 0.6) is 0 Å². The molecule has 0 aliphatic rings. The molecule has 26 aromatic rings. The van der Waals surface area contributed by atoms with Crippen LogP contribution < -0.4 is 0 Å². The van der Waals surface area contributed by atoms with E-state index >= 15 is 0 Å². The largest absolute Gasteiger partial charge is 0.456 e. The van der Waals surface area contributed by atoms with E-state index in [1.807, 2.05) is 54.6 Å². The van der Waals surface area contributed by atoms with Gasteiger partial charge in [-0.05, 0) is 164 Å². The fraction of sp³-hybridized carbons (Fsp3) is 0. The zero-order valence-corrected chi connectivity index (χ0v) is 65.0. The third-order valence-electron chi connectivity index (χ3n) is 24.6. The molecular weight excluding hydrogens is 1500 g/mol. The summed E-state index contributed by atoms with van der Waals surface area (Å²) in [6.45, 7) is 0. The van der Waals surface area contributed by atoms with Crippen LogP contribution in [0, 0.1) is 0 Å². The van der Waals surface area contributed by atoms with Crippen molar-refractivity contribution in [3.8, 4) is 113 Å². The summed E-state index contributed by atoms with van der Waals surface area (Å²) in [6.07, 6.45) is 0. The highest BCUT2D eigenvalue weighted by atomic mass is 16.3. The number of rotatable bonds is 11. The monoisotopic (exact) mass is 1560 g/mol. The molecule has 0 aliphatic heterocycles. The highest BCUT2D eigenvalue weighted by molar-refractivity contribution is 6.18. The van der Waals surface area contributed by atoms with Crippen molar-refractivity contribution in [2.45, 2.75) is 0 Å². The molecule has 0 N–H and O–H groups in total. The zero-order valence-electron chi connectivity index (χ0n) is 65.0.